The van der Waals surface area contributed by atoms with Crippen molar-refractivity contribution in [3.05, 3.63) is 47.3 Å². The second-order valence-corrected chi connectivity index (χ2v) is 3.71. The van der Waals surface area contributed by atoms with Gasteiger partial charge in [0, 0.05) is 23.1 Å². The van der Waals surface area contributed by atoms with Crippen LogP contribution in [-0.4, -0.2) is 9.97 Å². The molecule has 2 rings (SSSR count). The number of hydrogen-bond donors (Lipinski definition) is 1. The Morgan fingerprint density at radius 1 is 1.13 bits per heavy atom. The van der Waals surface area contributed by atoms with Crippen molar-refractivity contribution in [3.8, 4) is 0 Å². The zero-order valence-electron chi connectivity index (χ0n) is 7.76. The molecular weight excluding hydrogens is 256 g/mol. The van der Waals surface area contributed by atoms with Gasteiger partial charge >= 0.3 is 0 Å². The first kappa shape index (κ1) is 9.92. The van der Waals surface area contributed by atoms with Gasteiger partial charge in [0.15, 0.2) is 5.82 Å². The van der Waals surface area contributed by atoms with Crippen LogP contribution in [0.2, 0.25) is 0 Å². The lowest BCUT2D eigenvalue weighted by Gasteiger charge is -2.04. The largest absolute Gasteiger partial charge is 0.276 e. The third kappa shape index (κ3) is 2.92. The Bertz CT molecular complexity index is 415. The van der Waals surface area contributed by atoms with E-state index in [0.29, 0.717) is 5.82 Å². The van der Waals surface area contributed by atoms with Crippen LogP contribution >= 0.6 is 15.9 Å². The van der Waals surface area contributed by atoms with E-state index < -0.39 is 0 Å². The van der Waals surface area contributed by atoms with Gasteiger partial charge in [-0.05, 0) is 40.2 Å². The van der Waals surface area contributed by atoms with E-state index in [-0.39, 0.29) is 0 Å². The van der Waals surface area contributed by atoms with Crippen molar-refractivity contribution in [1.29, 1.82) is 0 Å². The molecule has 0 aliphatic heterocycles. The Hall–Kier alpha value is -1.62. The standard InChI is InChI=1S/C10H8BrN4/c11-8-1-2-10(13-7-8)15-14-9-3-5-12-6-4-9/h1-7H,(H,12,14). The van der Waals surface area contributed by atoms with Crippen LogP contribution in [0.4, 0.5) is 11.5 Å². The highest BCUT2D eigenvalue weighted by Crippen LogP contribution is 2.11. The summed E-state index contributed by atoms with van der Waals surface area (Å²) in [5, 5.41) is 0. The fourth-order valence-electron chi connectivity index (χ4n) is 0.982. The first-order valence-corrected chi connectivity index (χ1v) is 5.12. The average Bonchev–Trinajstić information content (AvgIpc) is 2.30. The molecule has 0 atom stereocenters. The van der Waals surface area contributed by atoms with Crippen LogP contribution in [0.5, 0.6) is 0 Å². The summed E-state index contributed by atoms with van der Waals surface area (Å²) in [6.07, 6.45) is 5.10. The van der Waals surface area contributed by atoms with Crippen LogP contribution in [0.25, 0.3) is 0 Å². The van der Waals surface area contributed by atoms with Crippen molar-refractivity contribution in [2.75, 3.05) is 5.43 Å². The number of rotatable bonds is 3. The summed E-state index contributed by atoms with van der Waals surface area (Å²) in [6.45, 7) is 0. The summed E-state index contributed by atoms with van der Waals surface area (Å²) >= 11 is 3.31. The molecule has 0 amide bonds. The monoisotopic (exact) mass is 263 g/mol. The van der Waals surface area contributed by atoms with Gasteiger partial charge in [0.05, 0.1) is 5.69 Å². The van der Waals surface area contributed by atoms with Gasteiger partial charge in [-0.2, -0.15) is 5.43 Å². The maximum absolute atomic E-state index is 4.11. The zero-order valence-corrected chi connectivity index (χ0v) is 9.35. The SMILES string of the molecule is Brc1ccc([N]Nc2ccncc2)nc1. The fraction of sp³-hybridized carbons (Fsp3) is 0. The fourth-order valence-corrected chi connectivity index (χ4v) is 1.22. The van der Waals surface area contributed by atoms with Gasteiger partial charge in [-0.1, -0.05) is 0 Å². The van der Waals surface area contributed by atoms with E-state index in [1.807, 2.05) is 24.3 Å². The molecule has 2 aromatic rings. The van der Waals surface area contributed by atoms with Crippen LogP contribution < -0.4 is 10.9 Å². The summed E-state index contributed by atoms with van der Waals surface area (Å²) in [7, 11) is 0. The van der Waals surface area contributed by atoms with Gasteiger partial charge < -0.3 is 0 Å². The summed E-state index contributed by atoms with van der Waals surface area (Å²) in [6, 6.07) is 7.38. The molecule has 1 radical (unpaired) electrons. The average molecular weight is 264 g/mol. The van der Waals surface area contributed by atoms with Gasteiger partial charge in [0.1, 0.15) is 0 Å². The van der Waals surface area contributed by atoms with Crippen LogP contribution in [0.15, 0.2) is 47.3 Å². The maximum atomic E-state index is 4.11. The molecule has 0 aliphatic carbocycles. The van der Waals surface area contributed by atoms with E-state index in [0.717, 1.165) is 10.2 Å². The third-order valence-corrected chi connectivity index (χ3v) is 2.16. The summed E-state index contributed by atoms with van der Waals surface area (Å²) in [4.78, 5) is 8.01. The summed E-state index contributed by atoms with van der Waals surface area (Å²) in [5.74, 6) is 0.634. The molecule has 2 aromatic heterocycles. The molecule has 0 aliphatic rings. The quantitative estimate of drug-likeness (QED) is 0.866. The molecule has 0 fully saturated rings. The lowest BCUT2D eigenvalue weighted by atomic mass is 10.4. The number of pyridine rings is 2. The first-order chi connectivity index (χ1) is 7.34. The van der Waals surface area contributed by atoms with Gasteiger partial charge in [0.25, 0.3) is 0 Å². The predicted octanol–water partition coefficient (Wildman–Crippen LogP) is 2.50. The zero-order chi connectivity index (χ0) is 10.5. The lowest BCUT2D eigenvalue weighted by Crippen LogP contribution is -2.08. The predicted molar refractivity (Wildman–Crippen MR) is 61.6 cm³/mol. The molecule has 15 heavy (non-hydrogen) atoms. The third-order valence-electron chi connectivity index (χ3n) is 1.69. The lowest BCUT2D eigenvalue weighted by molar-refractivity contribution is 0.990. The highest BCUT2D eigenvalue weighted by atomic mass is 79.9. The van der Waals surface area contributed by atoms with Crippen molar-refractivity contribution in [2.24, 2.45) is 0 Å². The number of anilines is 1. The minimum Gasteiger partial charge on any atom is -0.276 e. The molecule has 0 bridgehead atoms. The van der Waals surface area contributed by atoms with Crippen LogP contribution in [-0.2, 0) is 0 Å². The molecule has 75 valence electrons. The highest BCUT2D eigenvalue weighted by molar-refractivity contribution is 9.10. The van der Waals surface area contributed by atoms with Gasteiger partial charge in [-0.15, -0.1) is 0 Å². The summed E-state index contributed by atoms with van der Waals surface area (Å²) in [5.41, 5.74) is 7.88. The second-order valence-electron chi connectivity index (χ2n) is 2.79. The number of nitrogens with zero attached hydrogens (tertiary/aromatic N) is 3. The van der Waals surface area contributed by atoms with E-state index in [2.05, 4.69) is 36.7 Å². The smallest absolute Gasteiger partial charge is 0.172 e. The molecule has 0 spiro atoms. The van der Waals surface area contributed by atoms with Gasteiger partial charge in [-0.3, -0.25) is 10.4 Å². The molecule has 5 heteroatoms. The van der Waals surface area contributed by atoms with Crippen LogP contribution in [0.3, 0.4) is 0 Å². The van der Waals surface area contributed by atoms with Crippen molar-refractivity contribution < 1.29 is 0 Å². The normalized spacial score (nSPS) is 9.67. The van der Waals surface area contributed by atoms with Crippen molar-refractivity contribution in [2.45, 2.75) is 0 Å². The number of halogens is 1. The van der Waals surface area contributed by atoms with Crippen LogP contribution in [0, 0.1) is 0 Å². The first-order valence-electron chi connectivity index (χ1n) is 4.33. The molecular formula is C10H8BrN4. The van der Waals surface area contributed by atoms with Gasteiger partial charge in [-0.25, -0.2) is 4.98 Å². The summed E-state index contributed by atoms with van der Waals surface area (Å²) < 4.78 is 0.936. The molecule has 2 heterocycles. The Labute approximate surface area is 95.9 Å². The molecule has 0 unspecified atom stereocenters. The molecule has 4 nitrogen and oxygen atoms in total. The van der Waals surface area contributed by atoms with E-state index in [9.17, 15) is 0 Å². The Balaban J connectivity index is 1.96. The van der Waals surface area contributed by atoms with Crippen molar-refractivity contribution >= 4 is 27.4 Å². The number of aromatic nitrogens is 2. The van der Waals surface area contributed by atoms with Crippen molar-refractivity contribution in [3.63, 3.8) is 0 Å². The van der Waals surface area contributed by atoms with E-state index in [1.54, 1.807) is 18.6 Å². The number of hydrogen-bond acceptors (Lipinski definition) is 3. The Morgan fingerprint density at radius 2 is 1.93 bits per heavy atom. The minimum atomic E-state index is 0.634. The van der Waals surface area contributed by atoms with E-state index >= 15 is 0 Å². The minimum absolute atomic E-state index is 0.634. The van der Waals surface area contributed by atoms with E-state index in [1.165, 1.54) is 0 Å². The molecule has 1 N–H and O–H groups in total. The van der Waals surface area contributed by atoms with Crippen LogP contribution in [0.1, 0.15) is 0 Å². The molecule has 0 saturated carbocycles. The highest BCUT2D eigenvalue weighted by Gasteiger charge is 1.95. The molecule has 0 aromatic carbocycles. The maximum Gasteiger partial charge on any atom is 0.172 e. The Kier molecular flexibility index (Phi) is 3.14. The number of nitrogens with one attached hydrogen (secondary N) is 1. The second kappa shape index (κ2) is 4.75. The topological polar surface area (TPSA) is 51.9 Å². The van der Waals surface area contributed by atoms with E-state index in [4.69, 9.17) is 0 Å². The molecule has 0 saturated heterocycles. The van der Waals surface area contributed by atoms with Crippen molar-refractivity contribution in [1.82, 2.24) is 15.4 Å². The van der Waals surface area contributed by atoms with Gasteiger partial charge in [0.2, 0.25) is 0 Å². The Morgan fingerprint density at radius 3 is 2.60 bits per heavy atom.